The van der Waals surface area contributed by atoms with Crippen LogP contribution in [0.3, 0.4) is 0 Å². The number of aliphatic hydroxyl groups excluding tert-OH is 1. The number of halogens is 2. The van der Waals surface area contributed by atoms with E-state index in [0.29, 0.717) is 0 Å². The van der Waals surface area contributed by atoms with E-state index in [9.17, 15) is 19.5 Å². The van der Waals surface area contributed by atoms with E-state index in [1.807, 2.05) is 30.3 Å². The lowest BCUT2D eigenvalue weighted by molar-refractivity contribution is -0.222. The molecule has 228 valence electrons. The predicted octanol–water partition coefficient (Wildman–Crippen LogP) is 5.98. The van der Waals surface area contributed by atoms with Crippen molar-refractivity contribution in [2.24, 2.45) is 22.7 Å². The van der Waals surface area contributed by atoms with Gasteiger partial charge in [0.05, 0.1) is 11.7 Å². The van der Waals surface area contributed by atoms with Gasteiger partial charge in [0.2, 0.25) is 5.60 Å². The lowest BCUT2D eigenvalue weighted by Gasteiger charge is -2.62. The van der Waals surface area contributed by atoms with Crippen molar-refractivity contribution in [2.45, 2.75) is 63.3 Å². The van der Waals surface area contributed by atoms with Gasteiger partial charge in [0.1, 0.15) is 11.9 Å². The molecule has 4 aliphatic rings. The maximum Gasteiger partial charge on any atom is 0.352 e. The summed E-state index contributed by atoms with van der Waals surface area (Å²) in [6.07, 6.45) is 0.105. The number of hydrogen-bond donors (Lipinski definition) is 1. The fourth-order valence-corrected chi connectivity index (χ4v) is 8.57. The van der Waals surface area contributed by atoms with Gasteiger partial charge < -0.3 is 14.6 Å². The van der Waals surface area contributed by atoms with Gasteiger partial charge in [0.15, 0.2) is 18.1 Å². The van der Waals surface area contributed by atoms with Gasteiger partial charge in [-0.05, 0) is 67.0 Å². The average Bonchev–Trinajstić information content (AvgIpc) is 3.30. The van der Waals surface area contributed by atoms with E-state index in [1.54, 1.807) is 37.3 Å². The molecule has 0 aromatic heterocycles. The molecule has 2 fully saturated rings. The van der Waals surface area contributed by atoms with Crippen molar-refractivity contribution in [3.05, 3.63) is 83.7 Å². The monoisotopic (exact) mass is 601 g/mol. The number of nitriles is 1. The fraction of sp³-hybridized carbons (Fsp3) is 0.429. The molecule has 0 radical (unpaired) electrons. The number of carbonyl (C=O) groups is 3. The van der Waals surface area contributed by atoms with Crippen LogP contribution in [0.15, 0.2) is 78.1 Å². The van der Waals surface area contributed by atoms with E-state index in [0.717, 1.165) is 11.1 Å². The Balaban J connectivity index is 1.38. The first-order valence-corrected chi connectivity index (χ1v) is 14.8. The first-order chi connectivity index (χ1) is 20.9. The molecule has 2 saturated carbocycles. The van der Waals surface area contributed by atoms with Crippen molar-refractivity contribution < 1.29 is 37.7 Å². The normalized spacial score (nSPS) is 35.6. The van der Waals surface area contributed by atoms with E-state index in [4.69, 9.17) is 14.7 Å². The van der Waals surface area contributed by atoms with Crippen LogP contribution in [0.25, 0.3) is 11.1 Å². The number of allylic oxidation sites excluding steroid dienone is 4. The Labute approximate surface area is 254 Å². The molecule has 2 aromatic rings. The Morgan fingerprint density at radius 1 is 1.07 bits per heavy atom. The summed E-state index contributed by atoms with van der Waals surface area (Å²) in [5.41, 5.74) is -5.22. The molecule has 0 aliphatic heterocycles. The quantitative estimate of drug-likeness (QED) is 0.419. The van der Waals surface area contributed by atoms with Crippen molar-refractivity contribution in [3.8, 4) is 17.2 Å². The van der Waals surface area contributed by atoms with E-state index in [1.165, 1.54) is 19.1 Å². The van der Waals surface area contributed by atoms with Gasteiger partial charge in [-0.3, -0.25) is 4.79 Å². The predicted molar refractivity (Wildman–Crippen MR) is 155 cm³/mol. The van der Waals surface area contributed by atoms with Crippen LogP contribution in [0.5, 0.6) is 0 Å². The lowest BCUT2D eigenvalue weighted by Crippen LogP contribution is -2.69. The molecule has 1 N–H and O–H groups in total. The summed E-state index contributed by atoms with van der Waals surface area (Å²) in [4.78, 5) is 39.6. The number of hydrogen-bond acceptors (Lipinski definition) is 7. The van der Waals surface area contributed by atoms with Crippen LogP contribution < -0.4 is 0 Å². The molecule has 0 bridgehead atoms. The third-order valence-electron chi connectivity index (χ3n) is 10.9. The molecule has 0 heterocycles. The second-order valence-corrected chi connectivity index (χ2v) is 12.8. The van der Waals surface area contributed by atoms with Crippen molar-refractivity contribution in [1.29, 1.82) is 5.26 Å². The molecule has 44 heavy (non-hydrogen) atoms. The lowest BCUT2D eigenvalue weighted by atomic mass is 9.45. The summed E-state index contributed by atoms with van der Waals surface area (Å²) in [5.74, 6) is -4.50. The van der Waals surface area contributed by atoms with Crippen LogP contribution >= 0.6 is 0 Å². The number of fused-ring (bicyclic) bond motifs is 5. The topological polar surface area (TPSA) is 114 Å². The highest BCUT2D eigenvalue weighted by molar-refractivity contribution is 5.94. The number of ketones is 1. The van der Waals surface area contributed by atoms with E-state index in [-0.39, 0.29) is 49.0 Å². The number of aliphatic hydroxyl groups is 1. The summed E-state index contributed by atoms with van der Waals surface area (Å²) in [6.45, 7) is 2.55. The van der Waals surface area contributed by atoms with Gasteiger partial charge >= 0.3 is 11.9 Å². The molecule has 4 aliphatic carbocycles. The SMILES string of the molecule is C[C@]12C=CC(=O)CC1=C(F)C[C@H]1[C@@H]3CC[C@](OC(=O)c4ccc(-c5ccccc5)cc4)(C(=O)OCC#N)[C@@]3(C)C[C@H](O)[C@@]12F. The maximum absolute atomic E-state index is 17.5. The van der Waals surface area contributed by atoms with Crippen LogP contribution in [-0.4, -0.2) is 46.8 Å². The average molecular weight is 602 g/mol. The first kappa shape index (κ1) is 29.9. The first-order valence-electron chi connectivity index (χ1n) is 14.8. The van der Waals surface area contributed by atoms with Gasteiger partial charge in [0, 0.05) is 29.6 Å². The van der Waals surface area contributed by atoms with Crippen molar-refractivity contribution in [2.75, 3.05) is 6.61 Å². The van der Waals surface area contributed by atoms with Gasteiger partial charge in [0.25, 0.3) is 0 Å². The molecule has 2 aromatic carbocycles. The van der Waals surface area contributed by atoms with Gasteiger partial charge in [-0.25, -0.2) is 18.4 Å². The summed E-state index contributed by atoms with van der Waals surface area (Å²) in [7, 11) is 0. The highest BCUT2D eigenvalue weighted by Crippen LogP contribution is 2.70. The zero-order valence-electron chi connectivity index (χ0n) is 24.5. The summed E-state index contributed by atoms with van der Waals surface area (Å²) in [6, 6.07) is 18.0. The summed E-state index contributed by atoms with van der Waals surface area (Å²) < 4.78 is 44.6. The fourth-order valence-electron chi connectivity index (χ4n) is 8.57. The third kappa shape index (κ3) is 4.11. The highest BCUT2D eigenvalue weighted by atomic mass is 19.1. The largest absolute Gasteiger partial charge is 0.447 e. The zero-order chi connectivity index (χ0) is 31.5. The number of benzene rings is 2. The van der Waals surface area contributed by atoms with E-state index in [2.05, 4.69) is 0 Å². The number of carbonyl (C=O) groups excluding carboxylic acids is 3. The number of alkyl halides is 1. The van der Waals surface area contributed by atoms with E-state index >= 15 is 8.78 Å². The van der Waals surface area contributed by atoms with Crippen LogP contribution in [0, 0.1) is 34.0 Å². The Bertz CT molecular complexity index is 1630. The molecule has 0 saturated heterocycles. The van der Waals surface area contributed by atoms with Crippen LogP contribution in [0.1, 0.15) is 56.3 Å². The van der Waals surface area contributed by atoms with Crippen molar-refractivity contribution in [1.82, 2.24) is 0 Å². The van der Waals surface area contributed by atoms with Crippen LogP contribution in [-0.2, 0) is 19.1 Å². The molecule has 0 amide bonds. The van der Waals surface area contributed by atoms with Gasteiger partial charge in [-0.1, -0.05) is 55.5 Å². The van der Waals surface area contributed by atoms with Crippen LogP contribution in [0.4, 0.5) is 8.78 Å². The van der Waals surface area contributed by atoms with Gasteiger partial charge in [-0.15, -0.1) is 0 Å². The highest BCUT2D eigenvalue weighted by Gasteiger charge is 2.76. The minimum Gasteiger partial charge on any atom is -0.447 e. The Hall–Kier alpha value is -4.16. The van der Waals surface area contributed by atoms with Crippen molar-refractivity contribution in [3.63, 3.8) is 0 Å². The number of esters is 2. The molecular formula is C35H33F2NO6. The molecule has 7 nitrogen and oxygen atoms in total. The summed E-state index contributed by atoms with van der Waals surface area (Å²) >= 11 is 0. The molecule has 7 atom stereocenters. The van der Waals surface area contributed by atoms with E-state index < -0.39 is 64.4 Å². The Kier molecular flexibility index (Phi) is 7.12. The zero-order valence-corrected chi connectivity index (χ0v) is 24.5. The summed E-state index contributed by atoms with van der Waals surface area (Å²) in [5, 5.41) is 20.8. The molecule has 9 heteroatoms. The second kappa shape index (κ2) is 10.5. The molecule has 0 spiro atoms. The molecular weight excluding hydrogens is 568 g/mol. The minimum absolute atomic E-state index is 0.0365. The Morgan fingerprint density at radius 2 is 1.75 bits per heavy atom. The smallest absolute Gasteiger partial charge is 0.352 e. The maximum atomic E-state index is 17.5. The molecule has 6 rings (SSSR count). The standard InChI is InChI=1S/C35H33F2NO6/c1-32-14-12-24(39)18-27(32)28(36)19-26-25-13-15-34(31(42)43-17-16-38,33(25,2)20-29(40)35(26,32)37)44-30(41)23-10-8-22(9-11-23)21-6-4-3-5-7-21/h3-12,14,25-26,29,40H,13,15,17-20H2,1-2H3/t25-,26-,29-,32-,33-,34-,35-/m0/s1. The Morgan fingerprint density at radius 3 is 2.43 bits per heavy atom. The van der Waals surface area contributed by atoms with Crippen LogP contribution in [0.2, 0.25) is 0 Å². The minimum atomic E-state index is -2.34. The third-order valence-corrected chi connectivity index (χ3v) is 10.9. The number of ether oxygens (including phenoxy) is 2. The number of nitrogens with zero attached hydrogens (tertiary/aromatic N) is 1. The second-order valence-electron chi connectivity index (χ2n) is 12.8. The van der Waals surface area contributed by atoms with Crippen molar-refractivity contribution >= 4 is 17.7 Å². The van der Waals surface area contributed by atoms with Gasteiger partial charge in [-0.2, -0.15) is 5.26 Å². The molecule has 0 unspecified atom stereocenters. The number of rotatable bonds is 5.